The highest BCUT2D eigenvalue weighted by atomic mass is 16.6. The Kier molecular flexibility index (Phi) is 4.32. The fourth-order valence-electron chi connectivity index (χ4n) is 0.239. The minimum absolute atomic E-state index is 0.206. The molecule has 8 heavy (non-hydrogen) atoms. The van der Waals surface area contributed by atoms with E-state index in [9.17, 15) is 0 Å². The smallest absolute Gasteiger partial charge is 0.121 e. The molecule has 0 bridgehead atoms. The molecule has 2 nitrogen and oxygen atoms in total. The molecule has 48 valence electrons. The third kappa shape index (κ3) is 5.47. The van der Waals surface area contributed by atoms with Gasteiger partial charge in [-0.3, -0.25) is 0 Å². The predicted octanol–water partition coefficient (Wildman–Crippen LogP) is 1.81. The summed E-state index contributed by atoms with van der Waals surface area (Å²) in [7, 11) is 0. The van der Waals surface area contributed by atoms with Crippen molar-refractivity contribution >= 4 is 6.21 Å². The molecule has 0 heterocycles. The van der Waals surface area contributed by atoms with Gasteiger partial charge in [0.1, 0.15) is 6.10 Å². The predicted molar refractivity (Wildman–Crippen MR) is 35.0 cm³/mol. The maximum absolute atomic E-state index is 4.85. The highest BCUT2D eigenvalue weighted by Gasteiger charge is 1.84. The Hall–Kier alpha value is -0.530. The van der Waals surface area contributed by atoms with Crippen LogP contribution in [0.2, 0.25) is 0 Å². The minimum Gasteiger partial charge on any atom is -0.393 e. The van der Waals surface area contributed by atoms with Gasteiger partial charge in [0.25, 0.3) is 0 Å². The topological polar surface area (TPSA) is 21.6 Å². The summed E-state index contributed by atoms with van der Waals surface area (Å²) < 4.78 is 0. The van der Waals surface area contributed by atoms with Crippen LogP contribution in [-0.4, -0.2) is 12.3 Å². The van der Waals surface area contributed by atoms with E-state index in [0.29, 0.717) is 0 Å². The zero-order valence-corrected chi connectivity index (χ0v) is 5.72. The van der Waals surface area contributed by atoms with Crippen LogP contribution in [0.3, 0.4) is 0 Å². The van der Waals surface area contributed by atoms with Gasteiger partial charge in [-0.05, 0) is 20.3 Å². The second kappa shape index (κ2) is 4.62. The van der Waals surface area contributed by atoms with Crippen molar-refractivity contribution in [2.45, 2.75) is 33.3 Å². The first-order valence-corrected chi connectivity index (χ1v) is 2.95. The zero-order chi connectivity index (χ0) is 6.41. The van der Waals surface area contributed by atoms with Crippen LogP contribution in [0.4, 0.5) is 0 Å². The van der Waals surface area contributed by atoms with Gasteiger partial charge in [0.2, 0.25) is 0 Å². The summed E-state index contributed by atoms with van der Waals surface area (Å²) in [5.41, 5.74) is 0. The van der Waals surface area contributed by atoms with Crippen molar-refractivity contribution in [2.75, 3.05) is 0 Å². The SMILES string of the molecule is CCC=NOC(C)C. The first-order chi connectivity index (χ1) is 3.77. The van der Waals surface area contributed by atoms with Gasteiger partial charge in [0.15, 0.2) is 0 Å². The van der Waals surface area contributed by atoms with Crippen LogP contribution in [0.15, 0.2) is 5.16 Å². The summed E-state index contributed by atoms with van der Waals surface area (Å²) in [6.45, 7) is 5.92. The number of rotatable bonds is 3. The summed E-state index contributed by atoms with van der Waals surface area (Å²) >= 11 is 0. The largest absolute Gasteiger partial charge is 0.393 e. The molecular formula is C6H13NO. The van der Waals surface area contributed by atoms with E-state index in [-0.39, 0.29) is 6.10 Å². The second-order valence-electron chi connectivity index (χ2n) is 1.85. The zero-order valence-electron chi connectivity index (χ0n) is 5.72. The first-order valence-electron chi connectivity index (χ1n) is 2.95. The standard InChI is InChI=1S/C6H13NO/c1-4-5-7-8-6(2)3/h5-6H,4H2,1-3H3. The van der Waals surface area contributed by atoms with Crippen LogP contribution in [0.5, 0.6) is 0 Å². The molecule has 0 aromatic rings. The lowest BCUT2D eigenvalue weighted by Crippen LogP contribution is -1.95. The molecule has 0 rings (SSSR count). The lowest BCUT2D eigenvalue weighted by atomic mass is 10.5. The van der Waals surface area contributed by atoms with Gasteiger partial charge >= 0.3 is 0 Å². The van der Waals surface area contributed by atoms with Gasteiger partial charge in [-0.15, -0.1) is 0 Å². The molecule has 0 aromatic carbocycles. The Morgan fingerprint density at radius 1 is 1.62 bits per heavy atom. The lowest BCUT2D eigenvalue weighted by Gasteiger charge is -1.98. The van der Waals surface area contributed by atoms with E-state index >= 15 is 0 Å². The Morgan fingerprint density at radius 3 is 2.62 bits per heavy atom. The molecule has 0 aliphatic carbocycles. The molecule has 0 amide bonds. The summed E-state index contributed by atoms with van der Waals surface area (Å²) in [6, 6.07) is 0. The number of hydrogen-bond acceptors (Lipinski definition) is 2. The van der Waals surface area contributed by atoms with Gasteiger partial charge in [-0.2, -0.15) is 0 Å². The molecule has 0 spiro atoms. The molecule has 0 N–H and O–H groups in total. The normalized spacial score (nSPS) is 11.0. The van der Waals surface area contributed by atoms with Crippen LogP contribution < -0.4 is 0 Å². The molecule has 0 aliphatic rings. The van der Waals surface area contributed by atoms with Crippen LogP contribution in [0.1, 0.15) is 27.2 Å². The highest BCUT2D eigenvalue weighted by Crippen LogP contribution is 1.86. The maximum Gasteiger partial charge on any atom is 0.121 e. The van der Waals surface area contributed by atoms with Gasteiger partial charge in [0.05, 0.1) is 0 Å². The molecule has 0 saturated carbocycles. The molecule has 0 atom stereocenters. The van der Waals surface area contributed by atoms with Crippen molar-refractivity contribution in [3.05, 3.63) is 0 Å². The number of hydrogen-bond donors (Lipinski definition) is 0. The van der Waals surface area contributed by atoms with E-state index in [0.717, 1.165) is 6.42 Å². The summed E-state index contributed by atoms with van der Waals surface area (Å²) in [4.78, 5) is 4.85. The first kappa shape index (κ1) is 7.47. The van der Waals surface area contributed by atoms with Crippen molar-refractivity contribution in [1.29, 1.82) is 0 Å². The average molecular weight is 115 g/mol. The molecule has 0 fully saturated rings. The molecule has 2 heteroatoms. The molecule has 0 aromatic heterocycles. The van der Waals surface area contributed by atoms with Crippen LogP contribution in [0.25, 0.3) is 0 Å². The fraction of sp³-hybridized carbons (Fsp3) is 0.833. The molecule has 0 aliphatic heterocycles. The van der Waals surface area contributed by atoms with Crippen molar-refractivity contribution < 1.29 is 4.84 Å². The molecular weight excluding hydrogens is 102 g/mol. The van der Waals surface area contributed by atoms with Crippen LogP contribution in [0, 0.1) is 0 Å². The van der Waals surface area contributed by atoms with Crippen molar-refractivity contribution in [3.63, 3.8) is 0 Å². The van der Waals surface area contributed by atoms with E-state index < -0.39 is 0 Å². The van der Waals surface area contributed by atoms with Gasteiger partial charge in [-0.25, -0.2) is 0 Å². The van der Waals surface area contributed by atoms with E-state index in [4.69, 9.17) is 4.84 Å². The van der Waals surface area contributed by atoms with Crippen LogP contribution >= 0.6 is 0 Å². The van der Waals surface area contributed by atoms with Crippen LogP contribution in [-0.2, 0) is 4.84 Å². The van der Waals surface area contributed by atoms with E-state index in [2.05, 4.69) is 5.16 Å². The Bertz CT molecular complexity index is 68.9. The van der Waals surface area contributed by atoms with Gasteiger partial charge < -0.3 is 4.84 Å². The Balaban J connectivity index is 3.03. The lowest BCUT2D eigenvalue weighted by molar-refractivity contribution is 0.0868. The highest BCUT2D eigenvalue weighted by molar-refractivity contribution is 5.55. The summed E-state index contributed by atoms with van der Waals surface area (Å²) in [6.07, 6.45) is 2.89. The monoisotopic (exact) mass is 115 g/mol. The summed E-state index contributed by atoms with van der Waals surface area (Å²) in [5.74, 6) is 0. The van der Waals surface area contributed by atoms with Crippen molar-refractivity contribution in [2.24, 2.45) is 5.16 Å². The Morgan fingerprint density at radius 2 is 2.25 bits per heavy atom. The van der Waals surface area contributed by atoms with E-state index in [1.807, 2.05) is 20.8 Å². The fourth-order valence-corrected chi connectivity index (χ4v) is 0.239. The molecule has 0 saturated heterocycles. The van der Waals surface area contributed by atoms with Crippen molar-refractivity contribution in [3.8, 4) is 0 Å². The third-order valence-corrected chi connectivity index (χ3v) is 0.529. The van der Waals surface area contributed by atoms with E-state index in [1.54, 1.807) is 6.21 Å². The summed E-state index contributed by atoms with van der Waals surface area (Å²) in [5, 5.41) is 3.66. The van der Waals surface area contributed by atoms with Crippen molar-refractivity contribution in [1.82, 2.24) is 0 Å². The van der Waals surface area contributed by atoms with Gasteiger partial charge in [0, 0.05) is 6.21 Å². The second-order valence-corrected chi connectivity index (χ2v) is 1.85. The third-order valence-electron chi connectivity index (χ3n) is 0.529. The number of nitrogens with zero attached hydrogens (tertiary/aromatic N) is 1. The number of oxime groups is 1. The van der Waals surface area contributed by atoms with E-state index in [1.165, 1.54) is 0 Å². The molecule has 0 unspecified atom stereocenters. The average Bonchev–Trinajstić information content (AvgIpc) is 1.66. The quantitative estimate of drug-likeness (QED) is 0.406. The Labute approximate surface area is 50.5 Å². The molecule has 0 radical (unpaired) electrons. The van der Waals surface area contributed by atoms with Gasteiger partial charge in [-0.1, -0.05) is 12.1 Å². The minimum atomic E-state index is 0.206. The maximum atomic E-state index is 4.85.